The van der Waals surface area contributed by atoms with Gasteiger partial charge in [0.25, 0.3) is 0 Å². The number of rotatable bonds is 4. The summed E-state index contributed by atoms with van der Waals surface area (Å²) in [6, 6.07) is -0.933. The zero-order chi connectivity index (χ0) is 16.4. The van der Waals surface area contributed by atoms with E-state index in [0.29, 0.717) is 0 Å². The number of amides is 1. The van der Waals surface area contributed by atoms with Crippen molar-refractivity contribution in [1.82, 2.24) is 4.90 Å². The predicted molar refractivity (Wildman–Crippen MR) is 69.1 cm³/mol. The smallest absolute Gasteiger partial charge is 0.457 e. The van der Waals surface area contributed by atoms with E-state index in [1.165, 1.54) is 17.9 Å². The first-order chi connectivity index (χ1) is 9.53. The molecule has 0 aromatic heterocycles. The number of alkyl halides is 3. The van der Waals surface area contributed by atoms with Crippen LogP contribution in [-0.4, -0.2) is 41.1 Å². The van der Waals surface area contributed by atoms with E-state index in [-0.39, 0.29) is 24.7 Å². The first-order valence-electron chi connectivity index (χ1n) is 6.61. The van der Waals surface area contributed by atoms with Gasteiger partial charge in [-0.3, -0.25) is 4.79 Å². The van der Waals surface area contributed by atoms with Crippen LogP contribution in [0.15, 0.2) is 0 Å². The minimum absolute atomic E-state index is 0.247. The summed E-state index contributed by atoms with van der Waals surface area (Å²) in [7, 11) is 1.41. The van der Waals surface area contributed by atoms with E-state index >= 15 is 0 Å². The highest BCUT2D eigenvalue weighted by Gasteiger charge is 2.39. The van der Waals surface area contributed by atoms with Gasteiger partial charge in [0.15, 0.2) is 0 Å². The van der Waals surface area contributed by atoms with Gasteiger partial charge in [-0.1, -0.05) is 19.8 Å². The molecule has 1 amide bonds. The fourth-order valence-corrected chi connectivity index (χ4v) is 2.44. The summed E-state index contributed by atoms with van der Waals surface area (Å²) < 4.78 is 35.8. The van der Waals surface area contributed by atoms with Crippen molar-refractivity contribution < 1.29 is 27.9 Å². The monoisotopic (exact) mass is 305 g/mol. The SMILES string of the molecule is CC(C)[C@@H](C(=O)O)N(C)C(=O)[C@H]1C[C@@H](C#CC(F)(F)F)C1. The number of carbonyl (C=O) groups is 2. The number of carboxylic acid groups (broad SMARTS) is 1. The molecule has 0 aromatic carbocycles. The number of likely N-dealkylation sites (N-methyl/N-ethyl adjacent to an activating group) is 1. The topological polar surface area (TPSA) is 57.6 Å². The number of hydrogen-bond donors (Lipinski definition) is 1. The Hall–Kier alpha value is -1.71. The van der Waals surface area contributed by atoms with Crippen LogP contribution in [0.1, 0.15) is 26.7 Å². The summed E-state index contributed by atoms with van der Waals surface area (Å²) in [5, 5.41) is 9.12. The minimum Gasteiger partial charge on any atom is -0.480 e. The normalized spacial score (nSPS) is 22.8. The molecule has 0 unspecified atom stereocenters. The van der Waals surface area contributed by atoms with Crippen LogP contribution in [0.2, 0.25) is 0 Å². The van der Waals surface area contributed by atoms with Crippen molar-refractivity contribution >= 4 is 11.9 Å². The second kappa shape index (κ2) is 6.37. The third-order valence-electron chi connectivity index (χ3n) is 3.55. The van der Waals surface area contributed by atoms with E-state index < -0.39 is 30.0 Å². The highest BCUT2D eigenvalue weighted by atomic mass is 19.4. The Morgan fingerprint density at radius 2 is 1.81 bits per heavy atom. The third kappa shape index (κ3) is 4.66. The van der Waals surface area contributed by atoms with Crippen LogP contribution in [0.5, 0.6) is 0 Å². The van der Waals surface area contributed by atoms with Gasteiger partial charge in [0.05, 0.1) is 0 Å². The Labute approximate surface area is 121 Å². The molecule has 4 nitrogen and oxygen atoms in total. The van der Waals surface area contributed by atoms with Crippen molar-refractivity contribution in [2.24, 2.45) is 17.8 Å². The predicted octanol–water partition coefficient (Wildman–Crippen LogP) is 2.15. The summed E-state index contributed by atoms with van der Waals surface area (Å²) in [5.74, 6) is 0.721. The molecular weight excluding hydrogens is 287 g/mol. The summed E-state index contributed by atoms with van der Waals surface area (Å²) >= 11 is 0. The largest absolute Gasteiger partial charge is 0.480 e. The van der Waals surface area contributed by atoms with Gasteiger partial charge < -0.3 is 10.0 Å². The lowest BCUT2D eigenvalue weighted by Gasteiger charge is -2.36. The molecule has 0 spiro atoms. The van der Waals surface area contributed by atoms with Crippen LogP contribution in [0.3, 0.4) is 0 Å². The van der Waals surface area contributed by atoms with Crippen molar-refractivity contribution in [2.75, 3.05) is 7.05 Å². The van der Waals surface area contributed by atoms with Crippen LogP contribution in [-0.2, 0) is 9.59 Å². The first kappa shape index (κ1) is 17.3. The summed E-state index contributed by atoms with van der Waals surface area (Å²) in [6.45, 7) is 3.39. The van der Waals surface area contributed by atoms with Crippen LogP contribution < -0.4 is 0 Å². The van der Waals surface area contributed by atoms with Crippen molar-refractivity contribution in [3.8, 4) is 11.8 Å². The highest BCUT2D eigenvalue weighted by Crippen LogP contribution is 2.35. The Bertz CT molecular complexity index is 470. The number of carboxylic acids is 1. The van der Waals surface area contributed by atoms with Gasteiger partial charge in [0, 0.05) is 24.8 Å². The first-order valence-corrected chi connectivity index (χ1v) is 6.61. The Morgan fingerprint density at radius 1 is 1.29 bits per heavy atom. The van der Waals surface area contributed by atoms with E-state index in [0.717, 1.165) is 0 Å². The van der Waals surface area contributed by atoms with E-state index in [2.05, 4.69) is 5.92 Å². The number of halogens is 3. The molecule has 1 aliphatic carbocycles. The Morgan fingerprint density at radius 3 is 2.19 bits per heavy atom. The lowest BCUT2D eigenvalue weighted by atomic mass is 9.74. The molecular formula is C14H18F3NO3. The van der Waals surface area contributed by atoms with Crippen LogP contribution in [0.4, 0.5) is 13.2 Å². The number of nitrogens with zero attached hydrogens (tertiary/aromatic N) is 1. The van der Waals surface area contributed by atoms with Gasteiger partial charge in [0.1, 0.15) is 6.04 Å². The molecule has 0 saturated heterocycles. The minimum atomic E-state index is -4.52. The summed E-state index contributed by atoms with van der Waals surface area (Å²) in [6.07, 6.45) is -4.02. The Balaban J connectivity index is 2.59. The molecule has 1 rings (SSSR count). The van der Waals surface area contributed by atoms with Crippen molar-refractivity contribution in [1.29, 1.82) is 0 Å². The molecule has 118 valence electrons. The maximum atomic E-state index is 12.1. The van der Waals surface area contributed by atoms with Gasteiger partial charge in [0.2, 0.25) is 5.91 Å². The molecule has 21 heavy (non-hydrogen) atoms. The van der Waals surface area contributed by atoms with Crippen molar-refractivity contribution in [3.05, 3.63) is 0 Å². The Kier molecular flexibility index (Phi) is 5.26. The summed E-state index contributed by atoms with van der Waals surface area (Å²) in [4.78, 5) is 24.4. The molecule has 1 fully saturated rings. The summed E-state index contributed by atoms with van der Waals surface area (Å²) in [5.41, 5.74) is 0. The molecule has 0 aliphatic heterocycles. The van der Waals surface area contributed by atoms with E-state index in [4.69, 9.17) is 5.11 Å². The molecule has 0 heterocycles. The van der Waals surface area contributed by atoms with E-state index in [9.17, 15) is 22.8 Å². The second-order valence-electron chi connectivity index (χ2n) is 5.61. The average Bonchev–Trinajstić information content (AvgIpc) is 2.23. The van der Waals surface area contributed by atoms with Gasteiger partial charge in [-0.05, 0) is 18.8 Å². The van der Waals surface area contributed by atoms with Gasteiger partial charge >= 0.3 is 12.1 Å². The number of carbonyl (C=O) groups excluding carboxylic acids is 1. The average molecular weight is 305 g/mol. The van der Waals surface area contributed by atoms with Crippen molar-refractivity contribution in [2.45, 2.75) is 38.9 Å². The second-order valence-corrected chi connectivity index (χ2v) is 5.61. The number of hydrogen-bond acceptors (Lipinski definition) is 2. The fraction of sp³-hybridized carbons (Fsp3) is 0.714. The molecule has 1 aliphatic rings. The van der Waals surface area contributed by atoms with Gasteiger partial charge in [-0.15, -0.1) is 0 Å². The maximum absolute atomic E-state index is 12.1. The fourth-order valence-electron chi connectivity index (χ4n) is 2.44. The van der Waals surface area contributed by atoms with Crippen LogP contribution >= 0.6 is 0 Å². The molecule has 0 radical (unpaired) electrons. The lowest BCUT2D eigenvalue weighted by molar-refractivity contribution is -0.154. The third-order valence-corrected chi connectivity index (χ3v) is 3.55. The van der Waals surface area contributed by atoms with Crippen LogP contribution in [0.25, 0.3) is 0 Å². The quantitative estimate of drug-likeness (QED) is 0.810. The molecule has 7 heteroatoms. The maximum Gasteiger partial charge on any atom is 0.457 e. The molecule has 1 atom stereocenters. The molecule has 1 N–H and O–H groups in total. The van der Waals surface area contributed by atoms with Gasteiger partial charge in [-0.25, -0.2) is 4.79 Å². The number of aliphatic carboxylic acids is 1. The van der Waals surface area contributed by atoms with Crippen molar-refractivity contribution in [3.63, 3.8) is 0 Å². The van der Waals surface area contributed by atoms with Crippen LogP contribution in [0, 0.1) is 29.6 Å². The van der Waals surface area contributed by atoms with E-state index in [1.54, 1.807) is 13.8 Å². The van der Waals surface area contributed by atoms with E-state index in [1.807, 2.05) is 0 Å². The van der Waals surface area contributed by atoms with Gasteiger partial charge in [-0.2, -0.15) is 13.2 Å². The molecule has 0 bridgehead atoms. The highest BCUT2D eigenvalue weighted by molar-refractivity contribution is 5.85. The standard InChI is InChI=1S/C14H18F3NO3/c1-8(2)11(13(20)21)18(3)12(19)10-6-9(7-10)4-5-14(15,16)17/h8-11H,6-7H2,1-3H3,(H,20,21)/t9-,10+,11-/m0/s1. The zero-order valence-electron chi connectivity index (χ0n) is 12.1. The lowest BCUT2D eigenvalue weighted by Crippen LogP contribution is -2.50. The molecule has 0 aromatic rings. The zero-order valence-corrected chi connectivity index (χ0v) is 12.1. The molecule has 1 saturated carbocycles.